The predicted molar refractivity (Wildman–Crippen MR) is 143 cm³/mol. The fourth-order valence-electron chi connectivity index (χ4n) is 5.98. The van der Waals surface area contributed by atoms with Gasteiger partial charge in [0.25, 0.3) is 0 Å². The van der Waals surface area contributed by atoms with E-state index in [4.69, 9.17) is 4.74 Å². The van der Waals surface area contributed by atoms with Gasteiger partial charge in [-0.25, -0.2) is 9.78 Å². The quantitative estimate of drug-likeness (QED) is 0.297. The van der Waals surface area contributed by atoms with Gasteiger partial charge in [-0.05, 0) is 75.9 Å². The van der Waals surface area contributed by atoms with Crippen molar-refractivity contribution in [3.8, 4) is 0 Å². The minimum absolute atomic E-state index is 0.0277. The third-order valence-corrected chi connectivity index (χ3v) is 8.18. The highest BCUT2D eigenvalue weighted by molar-refractivity contribution is 5.71. The highest BCUT2D eigenvalue weighted by atomic mass is 19.4. The van der Waals surface area contributed by atoms with E-state index in [-0.39, 0.29) is 23.5 Å². The molecule has 1 saturated heterocycles. The van der Waals surface area contributed by atoms with Gasteiger partial charge in [0.2, 0.25) is 0 Å². The second-order valence-electron chi connectivity index (χ2n) is 11.1. The standard InChI is InChI=1S/C29H33F9N4O2/c1-4-39-22-6-8-23(9-7-22)41(5-2)25-18(12-21(14-40-25)29(36,37)38)15-42-16(3)24(44-26(42)43)17-10-19(27(30,31)32)13-20(11-17)28(33,34)35/h10-14,16,22-24,39H,4-9,15H2,1-3H3/t16-,22?,23?,24-/m0/s1. The zero-order chi connectivity index (χ0) is 32.6. The van der Waals surface area contributed by atoms with Crippen molar-refractivity contribution in [2.45, 2.75) is 95.8 Å². The molecule has 0 radical (unpaired) electrons. The van der Waals surface area contributed by atoms with Gasteiger partial charge < -0.3 is 15.0 Å². The van der Waals surface area contributed by atoms with Crippen LogP contribution in [0.5, 0.6) is 0 Å². The molecule has 15 heteroatoms. The normalized spacial score (nSPS) is 23.2. The molecule has 2 atom stereocenters. The molecule has 2 aliphatic rings. The smallest absolute Gasteiger partial charge is 0.417 e. The first-order valence-corrected chi connectivity index (χ1v) is 14.3. The number of ether oxygens (including phenoxy) is 1. The zero-order valence-corrected chi connectivity index (χ0v) is 24.2. The minimum atomic E-state index is -5.12. The molecule has 1 aromatic heterocycles. The summed E-state index contributed by atoms with van der Waals surface area (Å²) in [6.45, 7) is 5.92. The fourth-order valence-corrected chi connectivity index (χ4v) is 5.98. The molecule has 2 fully saturated rings. The second-order valence-corrected chi connectivity index (χ2v) is 11.1. The summed E-state index contributed by atoms with van der Waals surface area (Å²) >= 11 is 0. The number of alkyl halides is 9. The van der Waals surface area contributed by atoms with Gasteiger partial charge in [-0.1, -0.05) is 6.92 Å². The van der Waals surface area contributed by atoms with Crippen molar-refractivity contribution in [3.63, 3.8) is 0 Å². The Bertz CT molecular complexity index is 1290. The minimum Gasteiger partial charge on any atom is -0.439 e. The Morgan fingerprint density at radius 1 is 0.886 bits per heavy atom. The summed E-state index contributed by atoms with van der Waals surface area (Å²) in [6, 6.07) is 0.948. The molecule has 0 bridgehead atoms. The van der Waals surface area contributed by atoms with Crippen molar-refractivity contribution in [3.05, 3.63) is 58.3 Å². The molecule has 0 unspecified atom stereocenters. The molecule has 1 saturated carbocycles. The number of nitrogens with one attached hydrogen (secondary N) is 1. The second kappa shape index (κ2) is 12.6. The maximum atomic E-state index is 13.7. The van der Waals surface area contributed by atoms with E-state index in [0.29, 0.717) is 30.9 Å². The Morgan fingerprint density at radius 2 is 1.45 bits per heavy atom. The third kappa shape index (κ3) is 7.35. The van der Waals surface area contributed by atoms with Crippen LogP contribution in [0, 0.1) is 0 Å². The third-order valence-electron chi connectivity index (χ3n) is 8.18. The van der Waals surface area contributed by atoms with Gasteiger partial charge in [0.1, 0.15) is 11.9 Å². The van der Waals surface area contributed by atoms with Gasteiger partial charge in [-0.3, -0.25) is 4.90 Å². The van der Waals surface area contributed by atoms with Crippen LogP contribution in [0.4, 0.5) is 50.1 Å². The summed E-state index contributed by atoms with van der Waals surface area (Å²) in [6.07, 6.45) is -13.7. The molecule has 1 N–H and O–H groups in total. The van der Waals surface area contributed by atoms with E-state index in [1.54, 1.807) is 0 Å². The molecule has 2 aromatic rings. The maximum Gasteiger partial charge on any atom is 0.417 e. The SMILES string of the molecule is CCNC1CCC(N(CC)c2ncc(C(F)(F)F)cc2CN2C(=O)O[C@H](c3cc(C(F)(F)F)cc(C(F)(F)F)c3)[C@@H]2C)CC1. The fraction of sp³-hybridized carbons (Fsp3) is 0.586. The summed E-state index contributed by atoms with van der Waals surface area (Å²) in [7, 11) is 0. The molecule has 44 heavy (non-hydrogen) atoms. The largest absolute Gasteiger partial charge is 0.439 e. The molecule has 0 spiro atoms. The molecular weight excluding hydrogens is 607 g/mol. The number of anilines is 1. The lowest BCUT2D eigenvalue weighted by atomic mass is 9.90. The number of benzene rings is 1. The van der Waals surface area contributed by atoms with Crippen LogP contribution < -0.4 is 10.2 Å². The van der Waals surface area contributed by atoms with E-state index in [9.17, 15) is 44.3 Å². The Labute approximate surface area is 248 Å². The number of hydrogen-bond acceptors (Lipinski definition) is 5. The van der Waals surface area contributed by atoms with E-state index < -0.39 is 65.6 Å². The number of cyclic esters (lactones) is 1. The summed E-state index contributed by atoms with van der Waals surface area (Å²) in [5.74, 6) is 0.217. The molecular formula is C29H33F9N4O2. The van der Waals surface area contributed by atoms with Crippen LogP contribution in [-0.2, 0) is 29.8 Å². The molecule has 2 heterocycles. The predicted octanol–water partition coefficient (Wildman–Crippen LogP) is 7.97. The van der Waals surface area contributed by atoms with Crippen LogP contribution in [0.25, 0.3) is 0 Å². The number of amides is 1. The lowest BCUT2D eigenvalue weighted by Crippen LogP contribution is -2.43. The Balaban J connectivity index is 1.68. The van der Waals surface area contributed by atoms with E-state index >= 15 is 0 Å². The Hall–Kier alpha value is -3.23. The summed E-state index contributed by atoms with van der Waals surface area (Å²) in [5.41, 5.74) is -4.72. The molecule has 1 aliphatic carbocycles. The van der Waals surface area contributed by atoms with Crippen LogP contribution in [0.2, 0.25) is 0 Å². The van der Waals surface area contributed by atoms with E-state index in [1.807, 2.05) is 18.7 Å². The first-order valence-electron chi connectivity index (χ1n) is 14.3. The number of pyridine rings is 1. The highest BCUT2D eigenvalue weighted by Crippen LogP contribution is 2.42. The summed E-state index contributed by atoms with van der Waals surface area (Å²) in [5, 5.41) is 3.39. The van der Waals surface area contributed by atoms with Crippen LogP contribution >= 0.6 is 0 Å². The number of rotatable bonds is 8. The number of hydrogen-bond donors (Lipinski definition) is 1. The van der Waals surface area contributed by atoms with Crippen LogP contribution in [-0.4, -0.2) is 47.2 Å². The topological polar surface area (TPSA) is 57.7 Å². The van der Waals surface area contributed by atoms with Crippen molar-refractivity contribution >= 4 is 11.9 Å². The van der Waals surface area contributed by atoms with Crippen LogP contribution in [0.3, 0.4) is 0 Å². The average Bonchev–Trinajstić information content (AvgIpc) is 3.22. The maximum absolute atomic E-state index is 13.7. The van der Waals surface area contributed by atoms with Crippen molar-refractivity contribution < 1.29 is 49.0 Å². The summed E-state index contributed by atoms with van der Waals surface area (Å²) in [4.78, 5) is 20.0. The highest BCUT2D eigenvalue weighted by Gasteiger charge is 2.44. The number of nitrogens with zero attached hydrogens (tertiary/aromatic N) is 3. The van der Waals surface area contributed by atoms with E-state index in [2.05, 4.69) is 10.3 Å². The van der Waals surface area contributed by atoms with Gasteiger partial charge in [0.05, 0.1) is 29.3 Å². The molecule has 4 rings (SSSR count). The first-order chi connectivity index (χ1) is 20.4. The van der Waals surface area contributed by atoms with E-state index in [1.165, 1.54) is 6.92 Å². The van der Waals surface area contributed by atoms with Crippen LogP contribution in [0.1, 0.15) is 80.4 Å². The molecule has 1 aliphatic heterocycles. The van der Waals surface area contributed by atoms with Gasteiger partial charge in [-0.2, -0.15) is 39.5 Å². The van der Waals surface area contributed by atoms with Gasteiger partial charge >= 0.3 is 24.6 Å². The van der Waals surface area contributed by atoms with Crippen molar-refractivity contribution in [2.24, 2.45) is 0 Å². The number of carbonyl (C=O) groups excluding carboxylic acids is 1. The van der Waals surface area contributed by atoms with Gasteiger partial charge in [0.15, 0.2) is 0 Å². The Kier molecular flexibility index (Phi) is 9.67. The average molecular weight is 641 g/mol. The number of aromatic nitrogens is 1. The lowest BCUT2D eigenvalue weighted by molar-refractivity contribution is -0.143. The monoisotopic (exact) mass is 640 g/mol. The number of halogens is 9. The van der Waals surface area contributed by atoms with Crippen molar-refractivity contribution in [1.82, 2.24) is 15.2 Å². The molecule has 1 aromatic carbocycles. The number of carbonyl (C=O) groups is 1. The molecule has 6 nitrogen and oxygen atoms in total. The van der Waals surface area contributed by atoms with E-state index in [0.717, 1.165) is 43.2 Å². The zero-order valence-electron chi connectivity index (χ0n) is 24.2. The van der Waals surface area contributed by atoms with Crippen molar-refractivity contribution in [1.29, 1.82) is 0 Å². The van der Waals surface area contributed by atoms with Gasteiger partial charge in [0, 0.05) is 30.4 Å². The summed E-state index contributed by atoms with van der Waals surface area (Å²) < 4.78 is 127. The van der Waals surface area contributed by atoms with Crippen LogP contribution in [0.15, 0.2) is 30.5 Å². The Morgan fingerprint density at radius 3 is 1.95 bits per heavy atom. The van der Waals surface area contributed by atoms with Crippen molar-refractivity contribution in [2.75, 3.05) is 18.0 Å². The molecule has 1 amide bonds. The first kappa shape index (κ1) is 33.7. The van der Waals surface area contributed by atoms with Gasteiger partial charge in [-0.15, -0.1) is 0 Å². The lowest BCUT2D eigenvalue weighted by Gasteiger charge is -2.38. The molecule has 244 valence electrons.